The van der Waals surface area contributed by atoms with Crippen LogP contribution in [0.2, 0.25) is 10.0 Å². The van der Waals surface area contributed by atoms with Crippen LogP contribution in [0, 0.1) is 6.92 Å². The second kappa shape index (κ2) is 6.71. The van der Waals surface area contributed by atoms with Gasteiger partial charge in [-0.15, -0.1) is 0 Å². The summed E-state index contributed by atoms with van der Waals surface area (Å²) in [5, 5.41) is 22.3. The van der Waals surface area contributed by atoms with Gasteiger partial charge in [-0.1, -0.05) is 23.2 Å². The van der Waals surface area contributed by atoms with Gasteiger partial charge < -0.3 is 15.3 Å². The molecule has 0 bridgehead atoms. The van der Waals surface area contributed by atoms with Gasteiger partial charge in [-0.05, 0) is 47.9 Å². The molecule has 2 unspecified atom stereocenters. The van der Waals surface area contributed by atoms with Gasteiger partial charge >= 0.3 is 6.03 Å². The van der Waals surface area contributed by atoms with E-state index in [0.29, 0.717) is 22.2 Å². The molecule has 0 saturated heterocycles. The number of aromatic nitrogens is 2. The number of H-pyrrole nitrogens is 1. The number of aliphatic hydroxyl groups is 1. The molecular formula is C19H18Cl2N4O2. The third-order valence-corrected chi connectivity index (χ3v) is 5.60. The molecule has 0 aliphatic heterocycles. The monoisotopic (exact) mass is 404 g/mol. The molecular weight excluding hydrogens is 387 g/mol. The highest BCUT2D eigenvalue weighted by atomic mass is 35.5. The molecule has 2 atom stereocenters. The Labute approximate surface area is 166 Å². The Balaban J connectivity index is 1.61. The summed E-state index contributed by atoms with van der Waals surface area (Å²) in [5.41, 5.74) is 4.10. The zero-order valence-corrected chi connectivity index (χ0v) is 16.3. The fourth-order valence-electron chi connectivity index (χ4n) is 3.74. The first kappa shape index (κ1) is 18.1. The molecule has 3 N–H and O–H groups in total. The number of hydrogen-bond acceptors (Lipinski definition) is 3. The minimum Gasteiger partial charge on any atom is -0.390 e. The van der Waals surface area contributed by atoms with Crippen LogP contribution in [0.3, 0.4) is 0 Å². The molecule has 1 aliphatic carbocycles. The molecule has 2 aromatic carbocycles. The average molecular weight is 405 g/mol. The van der Waals surface area contributed by atoms with Crippen molar-refractivity contribution in [3.8, 4) is 0 Å². The van der Waals surface area contributed by atoms with Crippen molar-refractivity contribution in [1.29, 1.82) is 0 Å². The molecule has 1 aromatic heterocycles. The Hall–Kier alpha value is -2.28. The van der Waals surface area contributed by atoms with E-state index in [1.165, 1.54) is 4.90 Å². The van der Waals surface area contributed by atoms with Crippen LogP contribution < -0.4 is 5.32 Å². The number of amides is 2. The predicted molar refractivity (Wildman–Crippen MR) is 107 cm³/mol. The SMILES string of the molecule is Cc1cc(NC(=O)N(C)C2c3cc(Cl)cc(Cl)c3CC2O)cc2[nH]ncc12. The molecule has 6 nitrogen and oxygen atoms in total. The van der Waals surface area contributed by atoms with Gasteiger partial charge in [-0.2, -0.15) is 5.10 Å². The molecule has 140 valence electrons. The number of carbonyl (C=O) groups is 1. The maximum Gasteiger partial charge on any atom is 0.322 e. The van der Waals surface area contributed by atoms with Gasteiger partial charge in [0.25, 0.3) is 0 Å². The van der Waals surface area contributed by atoms with Gasteiger partial charge in [0.1, 0.15) is 0 Å². The first-order valence-electron chi connectivity index (χ1n) is 8.48. The first-order valence-corrected chi connectivity index (χ1v) is 9.24. The number of rotatable bonds is 2. The highest BCUT2D eigenvalue weighted by Crippen LogP contribution is 2.41. The average Bonchev–Trinajstić information content (AvgIpc) is 3.18. The fourth-order valence-corrected chi connectivity index (χ4v) is 4.32. The number of aliphatic hydroxyl groups excluding tert-OH is 1. The van der Waals surface area contributed by atoms with Crippen molar-refractivity contribution in [2.75, 3.05) is 12.4 Å². The van der Waals surface area contributed by atoms with Crippen LogP contribution in [-0.4, -0.2) is 39.4 Å². The maximum atomic E-state index is 12.8. The van der Waals surface area contributed by atoms with Crippen molar-refractivity contribution >= 4 is 45.8 Å². The number of halogens is 2. The quantitative estimate of drug-likeness (QED) is 0.595. The highest BCUT2D eigenvalue weighted by molar-refractivity contribution is 6.35. The summed E-state index contributed by atoms with van der Waals surface area (Å²) in [6.45, 7) is 1.96. The highest BCUT2D eigenvalue weighted by Gasteiger charge is 2.37. The molecule has 4 rings (SSSR count). The number of likely N-dealkylation sites (N-methyl/N-ethyl adjacent to an activating group) is 1. The van der Waals surface area contributed by atoms with Gasteiger partial charge in [0, 0.05) is 34.6 Å². The number of urea groups is 1. The predicted octanol–water partition coefficient (Wildman–Crippen LogP) is 4.30. The van der Waals surface area contributed by atoms with E-state index in [0.717, 1.165) is 27.6 Å². The third-order valence-electron chi connectivity index (χ3n) is 5.05. The van der Waals surface area contributed by atoms with E-state index in [4.69, 9.17) is 23.2 Å². The molecule has 0 fully saturated rings. The Bertz CT molecular complexity index is 1050. The van der Waals surface area contributed by atoms with E-state index in [2.05, 4.69) is 15.5 Å². The van der Waals surface area contributed by atoms with Gasteiger partial charge in [-0.3, -0.25) is 5.10 Å². The zero-order valence-electron chi connectivity index (χ0n) is 14.8. The number of aryl methyl sites for hydroxylation is 1. The summed E-state index contributed by atoms with van der Waals surface area (Å²) in [6, 6.07) is 6.27. The minimum atomic E-state index is -0.747. The molecule has 8 heteroatoms. The van der Waals surface area contributed by atoms with Crippen LogP contribution in [0.25, 0.3) is 10.9 Å². The lowest BCUT2D eigenvalue weighted by molar-refractivity contribution is 0.0934. The van der Waals surface area contributed by atoms with E-state index in [-0.39, 0.29) is 6.03 Å². The Kier molecular flexibility index (Phi) is 4.50. The smallest absolute Gasteiger partial charge is 0.322 e. The molecule has 1 aliphatic rings. The maximum absolute atomic E-state index is 12.8. The second-order valence-electron chi connectivity index (χ2n) is 6.84. The third kappa shape index (κ3) is 3.14. The lowest BCUT2D eigenvalue weighted by atomic mass is 10.1. The number of nitrogens with one attached hydrogen (secondary N) is 2. The summed E-state index contributed by atoms with van der Waals surface area (Å²) in [4.78, 5) is 14.3. The number of hydrogen-bond donors (Lipinski definition) is 3. The number of benzene rings is 2. The van der Waals surface area contributed by atoms with E-state index < -0.39 is 12.1 Å². The number of nitrogens with zero attached hydrogens (tertiary/aromatic N) is 2. The summed E-state index contributed by atoms with van der Waals surface area (Å²) >= 11 is 12.4. The van der Waals surface area contributed by atoms with Gasteiger partial charge in [0.2, 0.25) is 0 Å². The molecule has 0 spiro atoms. The molecule has 3 aromatic rings. The molecule has 2 amide bonds. The molecule has 1 heterocycles. The number of fused-ring (bicyclic) bond motifs is 2. The van der Waals surface area contributed by atoms with Crippen molar-refractivity contribution < 1.29 is 9.90 Å². The standard InChI is InChI=1S/C19H18Cl2N4O2/c1-9-3-11(6-16-14(9)8-22-24-16)23-19(27)25(2)18-13-4-10(20)5-15(21)12(13)7-17(18)26/h3-6,8,17-18,26H,7H2,1-2H3,(H,22,24)(H,23,27). The topological polar surface area (TPSA) is 81.3 Å². The summed E-state index contributed by atoms with van der Waals surface area (Å²) < 4.78 is 0. The van der Waals surface area contributed by atoms with E-state index in [1.54, 1.807) is 25.4 Å². The minimum absolute atomic E-state index is 0.332. The van der Waals surface area contributed by atoms with Gasteiger partial charge in [-0.25, -0.2) is 4.79 Å². The molecule has 0 saturated carbocycles. The Morgan fingerprint density at radius 3 is 2.89 bits per heavy atom. The van der Waals surface area contributed by atoms with Crippen LogP contribution in [0.5, 0.6) is 0 Å². The summed E-state index contributed by atoms with van der Waals surface area (Å²) in [7, 11) is 1.65. The lowest BCUT2D eigenvalue weighted by Crippen LogP contribution is -2.38. The lowest BCUT2D eigenvalue weighted by Gasteiger charge is -2.28. The Morgan fingerprint density at radius 2 is 2.11 bits per heavy atom. The van der Waals surface area contributed by atoms with Crippen LogP contribution in [0.15, 0.2) is 30.5 Å². The first-order chi connectivity index (χ1) is 12.8. The van der Waals surface area contributed by atoms with Crippen molar-refractivity contribution in [1.82, 2.24) is 15.1 Å². The van der Waals surface area contributed by atoms with Crippen LogP contribution in [-0.2, 0) is 6.42 Å². The second-order valence-corrected chi connectivity index (χ2v) is 7.68. The summed E-state index contributed by atoms with van der Waals surface area (Å²) in [5.74, 6) is 0. The van der Waals surface area contributed by atoms with Crippen molar-refractivity contribution in [2.24, 2.45) is 0 Å². The van der Waals surface area contributed by atoms with Crippen LogP contribution >= 0.6 is 23.2 Å². The molecule has 0 radical (unpaired) electrons. The van der Waals surface area contributed by atoms with E-state index in [1.807, 2.05) is 19.1 Å². The fraction of sp³-hybridized carbons (Fsp3) is 0.263. The molecule has 27 heavy (non-hydrogen) atoms. The normalized spacial score (nSPS) is 18.6. The summed E-state index contributed by atoms with van der Waals surface area (Å²) in [6.07, 6.45) is 1.39. The largest absolute Gasteiger partial charge is 0.390 e. The van der Waals surface area contributed by atoms with E-state index >= 15 is 0 Å². The number of anilines is 1. The zero-order chi connectivity index (χ0) is 19.3. The van der Waals surface area contributed by atoms with Gasteiger partial charge in [0.15, 0.2) is 0 Å². The number of aromatic amines is 1. The van der Waals surface area contributed by atoms with Gasteiger partial charge in [0.05, 0.1) is 23.9 Å². The van der Waals surface area contributed by atoms with E-state index in [9.17, 15) is 9.90 Å². The van der Waals surface area contributed by atoms with Crippen LogP contribution in [0.4, 0.5) is 10.5 Å². The van der Waals surface area contributed by atoms with Crippen LogP contribution in [0.1, 0.15) is 22.7 Å². The Morgan fingerprint density at radius 1 is 1.33 bits per heavy atom. The van der Waals surface area contributed by atoms with Crippen molar-refractivity contribution in [2.45, 2.75) is 25.5 Å². The number of carbonyl (C=O) groups excluding carboxylic acids is 1. The van der Waals surface area contributed by atoms with Crippen molar-refractivity contribution in [3.63, 3.8) is 0 Å². The van der Waals surface area contributed by atoms with Crippen molar-refractivity contribution in [3.05, 3.63) is 57.2 Å².